The summed E-state index contributed by atoms with van der Waals surface area (Å²) in [6.45, 7) is 0. The van der Waals surface area contributed by atoms with Crippen LogP contribution in [0.1, 0.15) is 0 Å². The second-order valence-electron chi connectivity index (χ2n) is 6.98. The average molecular weight is 443 g/mol. The number of fused-ring (bicyclic) bond motifs is 3. The number of methoxy groups -OCH3 is 1. The molecule has 142 valence electrons. The number of nitrogens with zero attached hydrogens (tertiary/aromatic N) is 1. The van der Waals surface area contributed by atoms with Crippen LogP contribution in [0.15, 0.2) is 89.4 Å². The predicted molar refractivity (Wildman–Crippen MR) is 125 cm³/mol. The van der Waals surface area contributed by atoms with E-state index in [1.54, 1.807) is 7.11 Å². The largest absolute Gasteiger partial charge is 0.497 e. The van der Waals surface area contributed by atoms with Crippen molar-refractivity contribution in [2.24, 2.45) is 0 Å². The van der Waals surface area contributed by atoms with Crippen molar-refractivity contribution in [3.8, 4) is 22.6 Å². The summed E-state index contributed by atoms with van der Waals surface area (Å²) in [7, 11) is 1.68. The Morgan fingerprint density at radius 3 is 2.31 bits per heavy atom. The molecule has 0 bridgehead atoms. The highest BCUT2D eigenvalue weighted by Crippen LogP contribution is 2.40. The third-order valence-electron chi connectivity index (χ3n) is 5.33. The fourth-order valence-electron chi connectivity index (χ4n) is 4.00. The molecule has 0 atom stereocenters. The van der Waals surface area contributed by atoms with Gasteiger partial charge < -0.3 is 15.0 Å². The Bertz CT molecular complexity index is 1350. The molecule has 3 nitrogen and oxygen atoms in total. The molecule has 0 aliphatic carbocycles. The van der Waals surface area contributed by atoms with E-state index < -0.39 is 0 Å². The predicted octanol–water partition coefficient (Wildman–Crippen LogP) is 6.80. The fraction of sp³-hybridized carbons (Fsp3) is 0.0400. The van der Waals surface area contributed by atoms with Crippen LogP contribution in [-0.4, -0.2) is 11.7 Å². The van der Waals surface area contributed by atoms with Gasteiger partial charge >= 0.3 is 0 Å². The second kappa shape index (κ2) is 6.98. The first-order valence-corrected chi connectivity index (χ1v) is 10.2. The van der Waals surface area contributed by atoms with Crippen LogP contribution < -0.4 is 10.5 Å². The number of anilines is 1. The number of nitrogens with two attached hydrogens (primary N) is 1. The molecule has 0 aliphatic rings. The van der Waals surface area contributed by atoms with Crippen LogP contribution in [0.3, 0.4) is 0 Å². The zero-order chi connectivity index (χ0) is 20.0. The number of aromatic nitrogens is 1. The molecule has 4 aromatic carbocycles. The highest BCUT2D eigenvalue weighted by atomic mass is 79.9. The van der Waals surface area contributed by atoms with Gasteiger partial charge in [-0.1, -0.05) is 52.3 Å². The normalized spacial score (nSPS) is 11.2. The number of rotatable bonds is 3. The van der Waals surface area contributed by atoms with Crippen molar-refractivity contribution in [3.05, 3.63) is 89.4 Å². The molecule has 0 spiro atoms. The van der Waals surface area contributed by atoms with E-state index in [1.165, 1.54) is 10.8 Å². The molecule has 5 aromatic rings. The molecule has 0 radical (unpaired) electrons. The van der Waals surface area contributed by atoms with Crippen molar-refractivity contribution < 1.29 is 4.74 Å². The molecular formula is C25H19BrN2O. The number of halogens is 1. The average Bonchev–Trinajstić information content (AvgIpc) is 3.08. The Morgan fingerprint density at radius 2 is 1.55 bits per heavy atom. The van der Waals surface area contributed by atoms with Crippen molar-refractivity contribution in [1.82, 2.24) is 4.57 Å². The molecule has 2 N–H and O–H groups in total. The Labute approximate surface area is 177 Å². The van der Waals surface area contributed by atoms with Gasteiger partial charge in [0.25, 0.3) is 0 Å². The van der Waals surface area contributed by atoms with Gasteiger partial charge in [0, 0.05) is 37.7 Å². The van der Waals surface area contributed by atoms with E-state index in [9.17, 15) is 0 Å². The maximum Gasteiger partial charge on any atom is 0.119 e. The first-order valence-electron chi connectivity index (χ1n) is 9.39. The standard InChI is InChI=1S/C25H19BrN2O/c1-29-18-12-10-17(11-13-18)28-24-14-9-16(26)15-22(24)21-7-4-6-20(25(21)28)19-5-2-3-8-23(19)27/h2-15H,27H2,1H3. The summed E-state index contributed by atoms with van der Waals surface area (Å²) in [5, 5.41) is 2.39. The van der Waals surface area contributed by atoms with Crippen LogP contribution in [0.25, 0.3) is 38.6 Å². The highest BCUT2D eigenvalue weighted by molar-refractivity contribution is 9.10. The van der Waals surface area contributed by atoms with Crippen LogP contribution in [0.4, 0.5) is 5.69 Å². The number of para-hydroxylation sites is 2. The highest BCUT2D eigenvalue weighted by Gasteiger charge is 2.17. The van der Waals surface area contributed by atoms with Crippen molar-refractivity contribution in [3.63, 3.8) is 0 Å². The van der Waals surface area contributed by atoms with E-state index >= 15 is 0 Å². The summed E-state index contributed by atoms with van der Waals surface area (Å²) < 4.78 is 8.72. The van der Waals surface area contributed by atoms with E-state index in [4.69, 9.17) is 10.5 Å². The number of hydrogen-bond acceptors (Lipinski definition) is 2. The minimum absolute atomic E-state index is 0.771. The van der Waals surface area contributed by atoms with Crippen LogP contribution in [-0.2, 0) is 0 Å². The van der Waals surface area contributed by atoms with Gasteiger partial charge in [-0.2, -0.15) is 0 Å². The fourth-order valence-corrected chi connectivity index (χ4v) is 4.36. The molecular weight excluding hydrogens is 424 g/mol. The molecule has 0 saturated heterocycles. The van der Waals surface area contributed by atoms with Gasteiger partial charge in [0.2, 0.25) is 0 Å². The summed E-state index contributed by atoms with van der Waals surface area (Å²) in [4.78, 5) is 0. The topological polar surface area (TPSA) is 40.2 Å². The number of nitrogen functional groups attached to an aromatic ring is 1. The van der Waals surface area contributed by atoms with Gasteiger partial charge in [-0.15, -0.1) is 0 Å². The number of hydrogen-bond donors (Lipinski definition) is 1. The van der Waals surface area contributed by atoms with E-state index in [0.717, 1.165) is 43.8 Å². The van der Waals surface area contributed by atoms with Gasteiger partial charge in [0.15, 0.2) is 0 Å². The van der Waals surface area contributed by atoms with E-state index in [2.05, 4.69) is 75.1 Å². The van der Waals surface area contributed by atoms with E-state index in [1.807, 2.05) is 30.3 Å². The Balaban J connectivity index is 1.94. The van der Waals surface area contributed by atoms with E-state index in [0.29, 0.717) is 0 Å². The zero-order valence-electron chi connectivity index (χ0n) is 15.9. The molecule has 0 saturated carbocycles. The monoisotopic (exact) mass is 442 g/mol. The minimum atomic E-state index is 0.771. The van der Waals surface area contributed by atoms with Gasteiger partial charge in [-0.05, 0) is 48.5 Å². The van der Waals surface area contributed by atoms with Crippen molar-refractivity contribution >= 4 is 43.4 Å². The summed E-state index contributed by atoms with van der Waals surface area (Å²) >= 11 is 3.63. The molecule has 0 amide bonds. The number of ether oxygens (including phenoxy) is 1. The molecule has 29 heavy (non-hydrogen) atoms. The molecule has 0 fully saturated rings. The van der Waals surface area contributed by atoms with Crippen molar-refractivity contribution in [2.75, 3.05) is 12.8 Å². The summed E-state index contributed by atoms with van der Waals surface area (Å²) in [6, 6.07) is 29.0. The summed E-state index contributed by atoms with van der Waals surface area (Å²) in [5.41, 5.74) is 12.6. The van der Waals surface area contributed by atoms with Gasteiger partial charge in [-0.3, -0.25) is 0 Å². The quantitative estimate of drug-likeness (QED) is 0.312. The number of benzene rings is 4. The Morgan fingerprint density at radius 1 is 0.793 bits per heavy atom. The Kier molecular flexibility index (Phi) is 4.29. The van der Waals surface area contributed by atoms with Crippen molar-refractivity contribution in [1.29, 1.82) is 0 Å². The smallest absolute Gasteiger partial charge is 0.119 e. The molecule has 5 rings (SSSR count). The molecule has 1 heterocycles. The van der Waals surface area contributed by atoms with Gasteiger partial charge in [-0.25, -0.2) is 0 Å². The minimum Gasteiger partial charge on any atom is -0.497 e. The van der Waals surface area contributed by atoms with Gasteiger partial charge in [0.05, 0.1) is 18.1 Å². The summed E-state index contributed by atoms with van der Waals surface area (Å²) in [6.07, 6.45) is 0. The first-order chi connectivity index (χ1) is 14.2. The molecule has 0 unspecified atom stereocenters. The lowest BCUT2D eigenvalue weighted by Crippen LogP contribution is -1.97. The van der Waals surface area contributed by atoms with Crippen LogP contribution in [0.2, 0.25) is 0 Å². The van der Waals surface area contributed by atoms with Crippen LogP contribution >= 0.6 is 15.9 Å². The zero-order valence-corrected chi connectivity index (χ0v) is 17.5. The maximum absolute atomic E-state index is 6.36. The van der Waals surface area contributed by atoms with Gasteiger partial charge in [0.1, 0.15) is 5.75 Å². The second-order valence-corrected chi connectivity index (χ2v) is 7.90. The van der Waals surface area contributed by atoms with Crippen LogP contribution in [0.5, 0.6) is 5.75 Å². The summed E-state index contributed by atoms with van der Waals surface area (Å²) in [5.74, 6) is 0.838. The lowest BCUT2D eigenvalue weighted by atomic mass is 10.0. The molecule has 0 aliphatic heterocycles. The lowest BCUT2D eigenvalue weighted by molar-refractivity contribution is 0.415. The SMILES string of the molecule is COc1ccc(-n2c3ccc(Br)cc3c3cccc(-c4ccccc4N)c32)cc1. The Hall–Kier alpha value is -3.24. The van der Waals surface area contributed by atoms with Crippen LogP contribution in [0, 0.1) is 0 Å². The lowest BCUT2D eigenvalue weighted by Gasteiger charge is -2.13. The first kappa shape index (κ1) is 17.8. The molecule has 1 aromatic heterocycles. The third-order valence-corrected chi connectivity index (χ3v) is 5.82. The van der Waals surface area contributed by atoms with Crippen molar-refractivity contribution in [2.45, 2.75) is 0 Å². The third kappa shape index (κ3) is 2.88. The van der Waals surface area contributed by atoms with E-state index in [-0.39, 0.29) is 0 Å². The molecule has 4 heteroatoms. The maximum atomic E-state index is 6.36.